The van der Waals surface area contributed by atoms with Crippen LogP contribution < -0.4 is 5.32 Å². The molecule has 2 amide bonds. The van der Waals surface area contributed by atoms with Crippen LogP contribution >= 0.6 is 11.6 Å². The molecule has 0 fully saturated rings. The van der Waals surface area contributed by atoms with Gasteiger partial charge in [0.05, 0.1) is 18.3 Å². The minimum Gasteiger partial charge on any atom is -0.338 e. The Hall–Kier alpha value is -2.72. The first-order valence-electron chi connectivity index (χ1n) is 10.1. The van der Waals surface area contributed by atoms with Gasteiger partial charge in [-0.1, -0.05) is 55.8 Å². The van der Waals surface area contributed by atoms with E-state index in [1.54, 1.807) is 0 Å². The van der Waals surface area contributed by atoms with Gasteiger partial charge in [0.1, 0.15) is 0 Å². The molecule has 1 aliphatic heterocycles. The van der Waals surface area contributed by atoms with E-state index in [1.807, 2.05) is 47.4 Å². The summed E-state index contributed by atoms with van der Waals surface area (Å²) in [5.74, 6) is 0.543. The molecule has 2 aromatic carbocycles. The highest BCUT2D eigenvalue weighted by molar-refractivity contribution is 6.30. The van der Waals surface area contributed by atoms with Crippen LogP contribution in [0.4, 0.5) is 4.79 Å². The minimum absolute atomic E-state index is 0.0555. The van der Waals surface area contributed by atoms with Crippen LogP contribution in [0, 0.1) is 5.92 Å². The van der Waals surface area contributed by atoms with Crippen molar-refractivity contribution in [3.05, 3.63) is 88.7 Å². The summed E-state index contributed by atoms with van der Waals surface area (Å²) in [5.41, 5.74) is 4.28. The van der Waals surface area contributed by atoms with E-state index >= 15 is 0 Å². The van der Waals surface area contributed by atoms with Gasteiger partial charge in [-0.2, -0.15) is 0 Å². The molecule has 0 bridgehead atoms. The van der Waals surface area contributed by atoms with Crippen LogP contribution in [-0.2, 0) is 6.54 Å². The van der Waals surface area contributed by atoms with Crippen LogP contribution in [-0.4, -0.2) is 22.0 Å². The van der Waals surface area contributed by atoms with Crippen molar-refractivity contribution >= 4 is 17.6 Å². The molecule has 1 aliphatic rings. The number of carbonyl (C=O) groups excluding carboxylic acids is 1. The lowest BCUT2D eigenvalue weighted by molar-refractivity contribution is 0.180. The summed E-state index contributed by atoms with van der Waals surface area (Å²) in [6.07, 6.45) is 3.01. The largest absolute Gasteiger partial charge is 0.338 e. The predicted octanol–water partition coefficient (Wildman–Crippen LogP) is 5.79. The molecule has 3 aromatic rings. The van der Waals surface area contributed by atoms with E-state index in [9.17, 15) is 4.79 Å². The molecule has 4 rings (SSSR count). The highest BCUT2D eigenvalue weighted by Gasteiger charge is 2.32. The standard InChI is InChI=1S/C24H26ClN3O/c1-17(2)12-13-26-24(29)28-16-19-7-3-4-10-21(19)27-14-6-11-22(27)23(28)18-8-5-9-20(25)15-18/h3-11,14-15,17,23H,12-13,16H2,1-2H3,(H,26,29)/t23-/m1/s1. The zero-order chi connectivity index (χ0) is 20.4. The number of aromatic nitrogens is 1. The lowest BCUT2D eigenvalue weighted by Crippen LogP contribution is -2.42. The number of benzene rings is 2. The Kier molecular flexibility index (Phi) is 5.63. The van der Waals surface area contributed by atoms with Crippen LogP contribution in [0.5, 0.6) is 0 Å². The summed E-state index contributed by atoms with van der Waals surface area (Å²) >= 11 is 6.31. The quantitative estimate of drug-likeness (QED) is 0.583. The van der Waals surface area contributed by atoms with Gasteiger partial charge in [-0.05, 0) is 53.8 Å². The van der Waals surface area contributed by atoms with Crippen LogP contribution in [0.25, 0.3) is 5.69 Å². The molecule has 0 saturated heterocycles. The molecule has 1 N–H and O–H groups in total. The second kappa shape index (κ2) is 8.34. The van der Waals surface area contributed by atoms with Crippen molar-refractivity contribution in [1.29, 1.82) is 0 Å². The van der Waals surface area contributed by atoms with E-state index in [0.29, 0.717) is 24.0 Å². The third-order valence-corrected chi connectivity index (χ3v) is 5.62. The number of halogens is 1. The summed E-state index contributed by atoms with van der Waals surface area (Å²) in [4.78, 5) is 15.2. The molecule has 0 saturated carbocycles. The second-order valence-electron chi connectivity index (χ2n) is 7.93. The summed E-state index contributed by atoms with van der Waals surface area (Å²) in [7, 11) is 0. The smallest absolute Gasteiger partial charge is 0.318 e. The Morgan fingerprint density at radius 2 is 1.97 bits per heavy atom. The topological polar surface area (TPSA) is 37.3 Å². The highest BCUT2D eigenvalue weighted by atomic mass is 35.5. The molecule has 150 valence electrons. The van der Waals surface area contributed by atoms with Gasteiger partial charge < -0.3 is 14.8 Å². The summed E-state index contributed by atoms with van der Waals surface area (Å²) in [5, 5.41) is 3.79. The lowest BCUT2D eigenvalue weighted by atomic mass is 10.0. The number of urea groups is 1. The molecule has 0 aliphatic carbocycles. The molecule has 0 radical (unpaired) electrons. The minimum atomic E-state index is -0.227. The number of carbonyl (C=O) groups is 1. The Labute approximate surface area is 177 Å². The third-order valence-electron chi connectivity index (χ3n) is 5.39. The second-order valence-corrected chi connectivity index (χ2v) is 8.37. The number of rotatable bonds is 4. The maximum atomic E-state index is 13.3. The first-order valence-corrected chi connectivity index (χ1v) is 10.5. The van der Waals surface area contributed by atoms with E-state index in [4.69, 9.17) is 11.6 Å². The number of nitrogens with zero attached hydrogens (tertiary/aromatic N) is 2. The van der Waals surface area contributed by atoms with E-state index in [1.165, 1.54) is 0 Å². The number of nitrogens with one attached hydrogen (secondary N) is 1. The van der Waals surface area contributed by atoms with Gasteiger partial charge in [-0.15, -0.1) is 0 Å². The SMILES string of the molecule is CC(C)CCNC(=O)N1Cc2ccccc2-n2cccc2[C@H]1c1cccc(Cl)c1. The summed E-state index contributed by atoms with van der Waals surface area (Å²) < 4.78 is 2.18. The number of hydrogen-bond acceptors (Lipinski definition) is 1. The number of amides is 2. The van der Waals surface area contributed by atoms with Crippen molar-refractivity contribution in [2.24, 2.45) is 5.92 Å². The van der Waals surface area contributed by atoms with Gasteiger partial charge in [0.25, 0.3) is 0 Å². The average Bonchev–Trinajstić information content (AvgIpc) is 3.11. The Morgan fingerprint density at radius 1 is 1.14 bits per heavy atom. The Balaban J connectivity index is 1.79. The Morgan fingerprint density at radius 3 is 2.76 bits per heavy atom. The van der Waals surface area contributed by atoms with Crippen LogP contribution in [0.1, 0.15) is 43.1 Å². The zero-order valence-corrected chi connectivity index (χ0v) is 17.6. The van der Waals surface area contributed by atoms with Crippen LogP contribution in [0.2, 0.25) is 5.02 Å². The van der Waals surface area contributed by atoms with Crippen molar-refractivity contribution in [3.8, 4) is 5.69 Å². The third kappa shape index (κ3) is 4.03. The van der Waals surface area contributed by atoms with E-state index in [-0.39, 0.29) is 12.1 Å². The molecular weight excluding hydrogens is 382 g/mol. The van der Waals surface area contributed by atoms with Crippen LogP contribution in [0.3, 0.4) is 0 Å². The monoisotopic (exact) mass is 407 g/mol. The molecule has 1 atom stereocenters. The van der Waals surface area contributed by atoms with Gasteiger partial charge >= 0.3 is 6.03 Å². The fourth-order valence-corrected chi connectivity index (χ4v) is 4.13. The number of hydrogen-bond donors (Lipinski definition) is 1. The molecule has 0 unspecified atom stereocenters. The van der Waals surface area contributed by atoms with Gasteiger partial charge in [0.15, 0.2) is 0 Å². The van der Waals surface area contributed by atoms with E-state index in [0.717, 1.165) is 28.9 Å². The summed E-state index contributed by atoms with van der Waals surface area (Å²) in [6.45, 7) is 5.52. The number of para-hydroxylation sites is 1. The molecule has 29 heavy (non-hydrogen) atoms. The fraction of sp³-hybridized carbons (Fsp3) is 0.292. The lowest BCUT2D eigenvalue weighted by Gasteiger charge is -2.31. The van der Waals surface area contributed by atoms with Gasteiger partial charge in [-0.25, -0.2) is 4.79 Å². The zero-order valence-electron chi connectivity index (χ0n) is 16.8. The van der Waals surface area contributed by atoms with Crippen LogP contribution in [0.15, 0.2) is 66.9 Å². The number of fused-ring (bicyclic) bond motifs is 3. The van der Waals surface area contributed by atoms with Crippen molar-refractivity contribution < 1.29 is 4.79 Å². The van der Waals surface area contributed by atoms with Gasteiger partial charge in [-0.3, -0.25) is 0 Å². The van der Waals surface area contributed by atoms with Gasteiger partial charge in [0, 0.05) is 23.5 Å². The molecule has 0 spiro atoms. The molecule has 4 nitrogen and oxygen atoms in total. The predicted molar refractivity (Wildman–Crippen MR) is 117 cm³/mol. The average molecular weight is 408 g/mol. The van der Waals surface area contributed by atoms with E-state index in [2.05, 4.69) is 48.1 Å². The first kappa shape index (κ1) is 19.6. The van der Waals surface area contributed by atoms with Crippen molar-refractivity contribution in [2.75, 3.05) is 6.54 Å². The first-order chi connectivity index (χ1) is 14.0. The summed E-state index contributed by atoms with van der Waals surface area (Å²) in [6, 6.07) is 19.9. The normalized spacial score (nSPS) is 15.6. The molecular formula is C24H26ClN3O. The van der Waals surface area contributed by atoms with E-state index < -0.39 is 0 Å². The maximum Gasteiger partial charge on any atom is 0.318 e. The molecule has 2 heterocycles. The van der Waals surface area contributed by atoms with Crippen molar-refractivity contribution in [2.45, 2.75) is 32.9 Å². The highest BCUT2D eigenvalue weighted by Crippen LogP contribution is 2.37. The van der Waals surface area contributed by atoms with Gasteiger partial charge in [0.2, 0.25) is 0 Å². The Bertz CT molecular complexity index is 1010. The van der Waals surface area contributed by atoms with Crippen molar-refractivity contribution in [1.82, 2.24) is 14.8 Å². The van der Waals surface area contributed by atoms with Crippen molar-refractivity contribution in [3.63, 3.8) is 0 Å². The molecule has 1 aromatic heterocycles. The maximum absolute atomic E-state index is 13.3. The fourth-order valence-electron chi connectivity index (χ4n) is 3.94. The molecule has 5 heteroatoms.